The fraction of sp³-hybridized carbons (Fsp3) is 0.818. The van der Waals surface area contributed by atoms with E-state index in [0.29, 0.717) is 0 Å². The third-order valence-corrected chi connectivity index (χ3v) is 3.70. The van der Waals surface area contributed by atoms with Crippen LogP contribution in [-0.2, 0) is 0 Å². The first-order chi connectivity index (χ1) is 5.60. The second-order valence-corrected chi connectivity index (χ2v) is 5.11. The fourth-order valence-corrected chi connectivity index (χ4v) is 3.33. The van der Waals surface area contributed by atoms with E-state index >= 15 is 0 Å². The number of hydrogen-bond acceptors (Lipinski definition) is 0. The normalized spacial score (nSPS) is 41.7. The number of fused-ring (bicyclic) bond motifs is 2. The summed E-state index contributed by atoms with van der Waals surface area (Å²) in [6.07, 6.45) is 4.45. The first-order valence-electron chi connectivity index (χ1n) is 5.09. The zero-order chi connectivity index (χ0) is 8.77. The lowest BCUT2D eigenvalue weighted by molar-refractivity contribution is -0.921. The number of likely N-dealkylation sites (N-methyl/N-ethyl adjacent to an activating group) is 1. The SMILES string of the molecule is C=C(C)C[N@+]1(C)CC2CCC1C2.[Br-]. The third-order valence-electron chi connectivity index (χ3n) is 3.70. The number of hydrogen-bond donors (Lipinski definition) is 0. The molecule has 0 aromatic heterocycles. The van der Waals surface area contributed by atoms with Gasteiger partial charge >= 0.3 is 0 Å². The van der Waals surface area contributed by atoms with E-state index in [1.54, 1.807) is 0 Å². The number of likely N-dealkylation sites (tertiary alicyclic amines) is 1. The minimum absolute atomic E-state index is 0. The Morgan fingerprint density at radius 1 is 1.46 bits per heavy atom. The first kappa shape index (κ1) is 11.3. The van der Waals surface area contributed by atoms with Crippen molar-refractivity contribution in [1.29, 1.82) is 0 Å². The van der Waals surface area contributed by atoms with Crippen molar-refractivity contribution in [3.63, 3.8) is 0 Å². The molecule has 0 aromatic carbocycles. The van der Waals surface area contributed by atoms with Gasteiger partial charge in [-0.1, -0.05) is 6.58 Å². The maximum absolute atomic E-state index is 4.03. The molecule has 0 spiro atoms. The Labute approximate surface area is 92.2 Å². The van der Waals surface area contributed by atoms with E-state index < -0.39 is 0 Å². The Bertz CT molecular complexity index is 214. The van der Waals surface area contributed by atoms with Crippen LogP contribution in [0.4, 0.5) is 0 Å². The summed E-state index contributed by atoms with van der Waals surface area (Å²) in [6.45, 7) is 8.82. The van der Waals surface area contributed by atoms with Crippen molar-refractivity contribution >= 4 is 0 Å². The van der Waals surface area contributed by atoms with Crippen LogP contribution in [0, 0.1) is 5.92 Å². The standard InChI is InChI=1S/C11H20N.BrH/c1-9(2)7-12(3)8-10-4-5-11(12)6-10;/h10-11H,1,4-8H2,2-3H3;1H/q+1;/p-1/t10?,11?,12-;/m1./s1. The molecule has 0 radical (unpaired) electrons. The summed E-state index contributed by atoms with van der Waals surface area (Å²) in [7, 11) is 2.42. The quantitative estimate of drug-likeness (QED) is 0.442. The van der Waals surface area contributed by atoms with Gasteiger partial charge in [0.2, 0.25) is 0 Å². The van der Waals surface area contributed by atoms with Crippen LogP contribution in [-0.4, -0.2) is 30.7 Å². The van der Waals surface area contributed by atoms with Crippen LogP contribution < -0.4 is 17.0 Å². The molecule has 2 aliphatic rings. The molecule has 1 aliphatic carbocycles. The van der Waals surface area contributed by atoms with Crippen LogP contribution in [0.25, 0.3) is 0 Å². The zero-order valence-electron chi connectivity index (χ0n) is 8.72. The van der Waals surface area contributed by atoms with Gasteiger partial charge in [-0.15, -0.1) is 0 Å². The van der Waals surface area contributed by atoms with Gasteiger partial charge in [0.25, 0.3) is 0 Å². The van der Waals surface area contributed by atoms with Crippen molar-refractivity contribution in [1.82, 2.24) is 0 Å². The average molecular weight is 246 g/mol. The molecule has 1 heterocycles. The van der Waals surface area contributed by atoms with E-state index in [1.807, 2.05) is 0 Å². The van der Waals surface area contributed by atoms with Gasteiger partial charge in [-0.25, -0.2) is 0 Å². The van der Waals surface area contributed by atoms with Crippen LogP contribution in [0.3, 0.4) is 0 Å². The summed E-state index contributed by atoms with van der Waals surface area (Å²) < 4.78 is 1.29. The Balaban J connectivity index is 0.000000845. The van der Waals surface area contributed by atoms with E-state index in [-0.39, 0.29) is 17.0 Å². The molecule has 1 saturated carbocycles. The highest BCUT2D eigenvalue weighted by atomic mass is 79.9. The van der Waals surface area contributed by atoms with Gasteiger partial charge in [-0.05, 0) is 25.3 Å². The van der Waals surface area contributed by atoms with Crippen LogP contribution in [0.1, 0.15) is 26.2 Å². The van der Waals surface area contributed by atoms with Crippen molar-refractivity contribution in [2.24, 2.45) is 5.92 Å². The van der Waals surface area contributed by atoms with Gasteiger partial charge in [0.1, 0.15) is 0 Å². The molecule has 0 N–H and O–H groups in total. The maximum Gasteiger partial charge on any atom is 0.0998 e. The van der Waals surface area contributed by atoms with Crippen molar-refractivity contribution in [3.05, 3.63) is 12.2 Å². The summed E-state index contributed by atoms with van der Waals surface area (Å²) in [5.74, 6) is 1.04. The van der Waals surface area contributed by atoms with Crippen molar-refractivity contribution < 1.29 is 21.5 Å². The van der Waals surface area contributed by atoms with Crippen LogP contribution >= 0.6 is 0 Å². The van der Waals surface area contributed by atoms with E-state index in [2.05, 4.69) is 20.6 Å². The Kier molecular flexibility index (Phi) is 3.24. The number of nitrogens with zero attached hydrogens (tertiary/aromatic N) is 1. The van der Waals surface area contributed by atoms with Crippen LogP contribution in [0.5, 0.6) is 0 Å². The second-order valence-electron chi connectivity index (χ2n) is 5.11. The van der Waals surface area contributed by atoms with Crippen molar-refractivity contribution in [2.75, 3.05) is 20.1 Å². The topological polar surface area (TPSA) is 0 Å². The number of quaternary nitrogens is 1. The molecule has 1 aliphatic heterocycles. The van der Waals surface area contributed by atoms with E-state index in [0.717, 1.165) is 12.0 Å². The van der Waals surface area contributed by atoms with Crippen molar-refractivity contribution in [3.8, 4) is 0 Å². The number of rotatable bonds is 2. The molecule has 0 aromatic rings. The Morgan fingerprint density at radius 2 is 2.15 bits per heavy atom. The molecule has 2 unspecified atom stereocenters. The fourth-order valence-electron chi connectivity index (χ4n) is 3.33. The molecule has 3 atom stereocenters. The molecule has 76 valence electrons. The average Bonchev–Trinajstić information content (AvgIpc) is 2.42. The predicted octanol–water partition coefficient (Wildman–Crippen LogP) is -0.805. The molecular formula is C11H20BrN. The molecule has 0 amide bonds. The van der Waals surface area contributed by atoms with Crippen LogP contribution in [0.15, 0.2) is 12.2 Å². The smallest absolute Gasteiger partial charge is 0.0998 e. The maximum atomic E-state index is 4.03. The largest absolute Gasteiger partial charge is 1.00 e. The van der Waals surface area contributed by atoms with E-state index in [1.165, 1.54) is 42.4 Å². The van der Waals surface area contributed by atoms with Gasteiger partial charge in [0, 0.05) is 12.3 Å². The highest BCUT2D eigenvalue weighted by Gasteiger charge is 2.47. The molecule has 1 nitrogen and oxygen atoms in total. The Hall–Kier alpha value is 0.180. The molecule has 1 saturated heterocycles. The molecule has 2 rings (SSSR count). The molecule has 2 heteroatoms. The van der Waals surface area contributed by atoms with Gasteiger partial charge in [0.15, 0.2) is 0 Å². The van der Waals surface area contributed by atoms with E-state index in [4.69, 9.17) is 0 Å². The van der Waals surface area contributed by atoms with Gasteiger partial charge in [-0.3, -0.25) is 0 Å². The van der Waals surface area contributed by atoms with Gasteiger partial charge in [-0.2, -0.15) is 0 Å². The summed E-state index contributed by atoms with van der Waals surface area (Å²) in [5, 5.41) is 0. The summed E-state index contributed by atoms with van der Waals surface area (Å²) >= 11 is 0. The molecular weight excluding hydrogens is 226 g/mol. The minimum atomic E-state index is 0. The molecule has 2 fully saturated rings. The lowest BCUT2D eigenvalue weighted by atomic mass is 10.1. The summed E-state index contributed by atoms with van der Waals surface area (Å²) in [5.41, 5.74) is 1.35. The molecule has 2 bridgehead atoms. The van der Waals surface area contributed by atoms with Crippen LogP contribution in [0.2, 0.25) is 0 Å². The second kappa shape index (κ2) is 3.74. The molecule has 13 heavy (non-hydrogen) atoms. The highest BCUT2D eigenvalue weighted by Crippen LogP contribution is 2.41. The van der Waals surface area contributed by atoms with Gasteiger partial charge in [0.05, 0.1) is 26.2 Å². The number of halogens is 1. The Morgan fingerprint density at radius 3 is 2.54 bits per heavy atom. The first-order valence-corrected chi connectivity index (χ1v) is 5.09. The zero-order valence-corrected chi connectivity index (χ0v) is 10.3. The minimum Gasteiger partial charge on any atom is -1.00 e. The predicted molar refractivity (Wildman–Crippen MR) is 51.9 cm³/mol. The van der Waals surface area contributed by atoms with Gasteiger partial charge < -0.3 is 21.5 Å². The highest BCUT2D eigenvalue weighted by molar-refractivity contribution is 4.92. The van der Waals surface area contributed by atoms with E-state index in [9.17, 15) is 0 Å². The lowest BCUT2D eigenvalue weighted by Crippen LogP contribution is -3.00. The summed E-state index contributed by atoms with van der Waals surface area (Å²) in [4.78, 5) is 0. The van der Waals surface area contributed by atoms with Crippen molar-refractivity contribution in [2.45, 2.75) is 32.2 Å². The number of piperidine rings is 1. The lowest BCUT2D eigenvalue weighted by Gasteiger charge is -2.38. The monoisotopic (exact) mass is 245 g/mol. The third kappa shape index (κ3) is 1.99. The summed E-state index contributed by atoms with van der Waals surface area (Å²) in [6, 6.07) is 0.965.